The van der Waals surface area contributed by atoms with Gasteiger partial charge < -0.3 is 5.73 Å². The van der Waals surface area contributed by atoms with Gasteiger partial charge in [-0.15, -0.1) is 0 Å². The molecule has 18 heavy (non-hydrogen) atoms. The molecule has 0 radical (unpaired) electrons. The molecule has 0 heterocycles. The zero-order valence-electron chi connectivity index (χ0n) is 11.3. The third-order valence-corrected chi connectivity index (χ3v) is 3.33. The number of rotatable bonds is 6. The maximum Gasteiger partial charge on any atom is 0.129 e. The average molecular weight is 273 g/mol. The van der Waals surface area contributed by atoms with Crippen molar-refractivity contribution in [3.05, 3.63) is 34.6 Å². The van der Waals surface area contributed by atoms with Crippen LogP contribution >= 0.6 is 11.6 Å². The van der Waals surface area contributed by atoms with Gasteiger partial charge in [-0.2, -0.15) is 0 Å². The van der Waals surface area contributed by atoms with E-state index in [0.717, 1.165) is 13.1 Å². The molecule has 0 amide bonds. The Balaban J connectivity index is 3.07. The van der Waals surface area contributed by atoms with Crippen molar-refractivity contribution in [1.82, 2.24) is 4.90 Å². The molecule has 1 aromatic carbocycles. The molecule has 0 saturated heterocycles. The van der Waals surface area contributed by atoms with Crippen LogP contribution in [-0.4, -0.2) is 24.5 Å². The number of halogens is 2. The quantitative estimate of drug-likeness (QED) is 0.859. The van der Waals surface area contributed by atoms with E-state index in [1.807, 2.05) is 0 Å². The Labute approximate surface area is 114 Å². The Morgan fingerprint density at radius 2 is 2.06 bits per heavy atom. The van der Waals surface area contributed by atoms with Gasteiger partial charge in [0.05, 0.1) is 6.04 Å². The van der Waals surface area contributed by atoms with Gasteiger partial charge >= 0.3 is 0 Å². The largest absolute Gasteiger partial charge is 0.329 e. The van der Waals surface area contributed by atoms with Crippen molar-refractivity contribution < 1.29 is 4.39 Å². The predicted molar refractivity (Wildman–Crippen MR) is 75.3 cm³/mol. The number of hydrogen-bond donors (Lipinski definition) is 1. The highest BCUT2D eigenvalue weighted by molar-refractivity contribution is 6.31. The summed E-state index contributed by atoms with van der Waals surface area (Å²) in [5.74, 6) is 0.227. The second-order valence-corrected chi connectivity index (χ2v) is 5.28. The monoisotopic (exact) mass is 272 g/mol. The summed E-state index contributed by atoms with van der Waals surface area (Å²) in [6.07, 6.45) is 0. The Hall–Kier alpha value is -0.640. The lowest BCUT2D eigenvalue weighted by molar-refractivity contribution is 0.186. The van der Waals surface area contributed by atoms with E-state index in [-0.39, 0.29) is 11.9 Å². The molecule has 2 nitrogen and oxygen atoms in total. The molecule has 0 bridgehead atoms. The zero-order chi connectivity index (χ0) is 13.7. The zero-order valence-corrected chi connectivity index (χ0v) is 12.0. The minimum Gasteiger partial charge on any atom is -0.329 e. The van der Waals surface area contributed by atoms with Crippen LogP contribution in [0.5, 0.6) is 0 Å². The summed E-state index contributed by atoms with van der Waals surface area (Å²) in [6, 6.07) is 4.61. The van der Waals surface area contributed by atoms with Crippen molar-refractivity contribution >= 4 is 11.6 Å². The summed E-state index contributed by atoms with van der Waals surface area (Å²) in [6.45, 7) is 8.40. The fourth-order valence-corrected chi connectivity index (χ4v) is 2.51. The van der Waals surface area contributed by atoms with Gasteiger partial charge in [-0.3, -0.25) is 4.90 Å². The second kappa shape index (κ2) is 7.07. The second-order valence-electron chi connectivity index (χ2n) is 4.87. The van der Waals surface area contributed by atoms with Crippen molar-refractivity contribution in [2.24, 2.45) is 11.7 Å². The van der Waals surface area contributed by atoms with Crippen LogP contribution in [0, 0.1) is 11.7 Å². The van der Waals surface area contributed by atoms with E-state index in [1.165, 1.54) is 6.07 Å². The molecule has 0 fully saturated rings. The number of hydrogen-bond acceptors (Lipinski definition) is 2. The average Bonchev–Trinajstić information content (AvgIpc) is 2.31. The van der Waals surface area contributed by atoms with Crippen LogP contribution in [-0.2, 0) is 0 Å². The van der Waals surface area contributed by atoms with E-state index in [0.29, 0.717) is 23.0 Å². The summed E-state index contributed by atoms with van der Waals surface area (Å²) in [4.78, 5) is 2.18. The predicted octanol–water partition coefficient (Wildman–Crippen LogP) is 3.46. The van der Waals surface area contributed by atoms with Crippen molar-refractivity contribution in [1.29, 1.82) is 0 Å². The minimum atomic E-state index is -0.278. The van der Waals surface area contributed by atoms with Crippen molar-refractivity contribution in [3.8, 4) is 0 Å². The van der Waals surface area contributed by atoms with Crippen LogP contribution in [0.4, 0.5) is 4.39 Å². The number of nitrogens with zero attached hydrogens (tertiary/aromatic N) is 1. The molecule has 1 unspecified atom stereocenters. The number of benzene rings is 1. The fourth-order valence-electron chi connectivity index (χ4n) is 2.22. The van der Waals surface area contributed by atoms with Gasteiger partial charge in [-0.25, -0.2) is 4.39 Å². The van der Waals surface area contributed by atoms with Crippen LogP contribution < -0.4 is 5.73 Å². The summed E-state index contributed by atoms with van der Waals surface area (Å²) in [7, 11) is 0. The molecule has 102 valence electrons. The molecule has 1 aromatic rings. The Kier molecular flexibility index (Phi) is 6.06. The molecular weight excluding hydrogens is 251 g/mol. The topological polar surface area (TPSA) is 29.3 Å². The van der Waals surface area contributed by atoms with E-state index < -0.39 is 0 Å². The number of nitrogens with two attached hydrogens (primary N) is 1. The molecule has 0 aromatic heterocycles. The van der Waals surface area contributed by atoms with Gasteiger partial charge in [-0.05, 0) is 24.6 Å². The standard InChI is InChI=1S/C14H22ClFN2/c1-4-18(9-10(2)3)13(8-17)14-11(15)6-5-7-12(14)16/h5-7,10,13H,4,8-9,17H2,1-3H3. The van der Waals surface area contributed by atoms with E-state index in [2.05, 4.69) is 25.7 Å². The highest BCUT2D eigenvalue weighted by atomic mass is 35.5. The summed E-state index contributed by atoms with van der Waals surface area (Å²) >= 11 is 6.12. The first-order valence-electron chi connectivity index (χ1n) is 6.39. The highest BCUT2D eigenvalue weighted by Crippen LogP contribution is 2.29. The van der Waals surface area contributed by atoms with Crippen molar-refractivity contribution in [3.63, 3.8) is 0 Å². The van der Waals surface area contributed by atoms with E-state index in [9.17, 15) is 4.39 Å². The molecule has 4 heteroatoms. The van der Waals surface area contributed by atoms with Crippen LogP contribution in [0.3, 0.4) is 0 Å². The lowest BCUT2D eigenvalue weighted by atomic mass is 10.0. The first-order chi connectivity index (χ1) is 8.51. The molecule has 1 atom stereocenters. The smallest absolute Gasteiger partial charge is 0.129 e. The SMILES string of the molecule is CCN(CC(C)C)C(CN)c1c(F)cccc1Cl. The molecule has 0 aliphatic carbocycles. The highest BCUT2D eigenvalue weighted by Gasteiger charge is 2.23. The van der Waals surface area contributed by atoms with E-state index in [1.54, 1.807) is 12.1 Å². The Morgan fingerprint density at radius 1 is 1.39 bits per heavy atom. The number of likely N-dealkylation sites (N-methyl/N-ethyl adjacent to an activating group) is 1. The Morgan fingerprint density at radius 3 is 2.50 bits per heavy atom. The molecule has 0 aliphatic heterocycles. The molecule has 0 saturated carbocycles. The third-order valence-electron chi connectivity index (χ3n) is 3.00. The normalized spacial score (nSPS) is 13.3. The fraction of sp³-hybridized carbons (Fsp3) is 0.571. The van der Waals surface area contributed by atoms with Gasteiger partial charge in [0, 0.05) is 23.7 Å². The van der Waals surface area contributed by atoms with Crippen LogP contribution in [0.1, 0.15) is 32.4 Å². The van der Waals surface area contributed by atoms with Gasteiger partial charge in [0.15, 0.2) is 0 Å². The molecule has 0 aliphatic rings. The van der Waals surface area contributed by atoms with Gasteiger partial charge in [0.1, 0.15) is 5.82 Å². The lowest BCUT2D eigenvalue weighted by Crippen LogP contribution is -2.36. The first kappa shape index (κ1) is 15.4. The van der Waals surface area contributed by atoms with Gasteiger partial charge in [-0.1, -0.05) is 38.4 Å². The van der Waals surface area contributed by atoms with Crippen LogP contribution in [0.2, 0.25) is 5.02 Å². The molecule has 2 N–H and O–H groups in total. The summed E-state index contributed by atoms with van der Waals surface area (Å²) in [5.41, 5.74) is 6.35. The maximum absolute atomic E-state index is 14.0. The lowest BCUT2D eigenvalue weighted by Gasteiger charge is -2.32. The van der Waals surface area contributed by atoms with Crippen LogP contribution in [0.15, 0.2) is 18.2 Å². The van der Waals surface area contributed by atoms with E-state index >= 15 is 0 Å². The maximum atomic E-state index is 14.0. The summed E-state index contributed by atoms with van der Waals surface area (Å²) < 4.78 is 14.0. The van der Waals surface area contributed by atoms with Crippen molar-refractivity contribution in [2.75, 3.05) is 19.6 Å². The first-order valence-corrected chi connectivity index (χ1v) is 6.77. The van der Waals surface area contributed by atoms with Crippen LogP contribution in [0.25, 0.3) is 0 Å². The molecule has 0 spiro atoms. The molecule has 1 rings (SSSR count). The van der Waals surface area contributed by atoms with Crippen molar-refractivity contribution in [2.45, 2.75) is 26.8 Å². The Bertz CT molecular complexity index is 362. The minimum absolute atomic E-state index is 0.161. The van der Waals surface area contributed by atoms with Gasteiger partial charge in [0.2, 0.25) is 0 Å². The third kappa shape index (κ3) is 3.67. The van der Waals surface area contributed by atoms with Gasteiger partial charge in [0.25, 0.3) is 0 Å². The molecular formula is C14H22ClFN2. The summed E-state index contributed by atoms with van der Waals surface area (Å²) in [5, 5.41) is 0.452. The van der Waals surface area contributed by atoms with E-state index in [4.69, 9.17) is 17.3 Å².